The standard InChI is InChI=1S/C44H55N7O8S/c1-26-8-6-7-9-29-24-44(29,43(55)48-60(56,57)32-14-15-32)47-40(53)36-23-31(59-41-34-16-17-35-38(33(34)18-19-45-41)58-21-20-50(35)5)25-51(36)42(54)37(27(2)22-26)46-39(52)28-10-12-30(13-11-28)49(3)4/h7,9-13,16-19,26-27,29,31-32,36-37H,6,8,14-15,20-25H2,1-5H3,(H,46,52)(H,47,53)(H,48,55)/b9-7-/t26-,27+,29+,31+,36-,37-,44+/m0/s1. The van der Waals surface area contributed by atoms with Crippen molar-refractivity contribution in [2.45, 2.75) is 87.8 Å². The minimum absolute atomic E-state index is 0.00999. The second kappa shape index (κ2) is 16.2. The SMILES string of the molecule is C[C@H]1CC/C=C\[C@@H]2C[C@@]2(C(=O)NS(=O)(=O)C2CC2)NC(=O)[C@@H]2C[C@@H](Oc3nccc4c5c(ccc34)N(C)CCO5)CN2C(=O)[C@@H](NC(=O)c2ccc(N(C)C)cc2)[C@H](C)C1. The maximum atomic E-state index is 15.1. The summed E-state index contributed by atoms with van der Waals surface area (Å²) < 4.78 is 40.9. The Morgan fingerprint density at radius 2 is 1.78 bits per heavy atom. The predicted molar refractivity (Wildman–Crippen MR) is 227 cm³/mol. The Kier molecular flexibility index (Phi) is 11.2. The van der Waals surface area contributed by atoms with Crippen molar-refractivity contribution < 1.29 is 37.1 Å². The molecule has 3 aromatic rings. The zero-order chi connectivity index (χ0) is 42.5. The van der Waals surface area contributed by atoms with Gasteiger partial charge in [-0.2, -0.15) is 0 Å². The van der Waals surface area contributed by atoms with E-state index in [4.69, 9.17) is 9.47 Å². The number of pyridine rings is 1. The monoisotopic (exact) mass is 841 g/mol. The molecule has 4 heterocycles. The number of hydrogen-bond acceptors (Lipinski definition) is 11. The van der Waals surface area contributed by atoms with E-state index in [1.807, 2.05) is 75.5 Å². The van der Waals surface area contributed by atoms with Crippen LogP contribution < -0.4 is 34.6 Å². The molecule has 5 aliphatic rings. The second-order valence-electron chi connectivity index (χ2n) is 17.5. The van der Waals surface area contributed by atoms with Crippen LogP contribution in [-0.2, 0) is 24.4 Å². The lowest BCUT2D eigenvalue weighted by Crippen LogP contribution is -2.59. The number of rotatable bonds is 8. The Hall–Kier alpha value is -5.38. The third-order valence-electron chi connectivity index (χ3n) is 12.8. The maximum Gasteiger partial charge on any atom is 0.259 e. The van der Waals surface area contributed by atoms with Crippen LogP contribution in [0.3, 0.4) is 0 Å². The summed E-state index contributed by atoms with van der Waals surface area (Å²) in [7, 11) is 1.92. The molecule has 2 aliphatic carbocycles. The molecule has 16 heteroatoms. The summed E-state index contributed by atoms with van der Waals surface area (Å²) in [6.45, 7) is 5.31. The molecule has 0 unspecified atom stereocenters. The molecule has 60 heavy (non-hydrogen) atoms. The van der Waals surface area contributed by atoms with Crippen LogP contribution in [0.5, 0.6) is 11.6 Å². The van der Waals surface area contributed by atoms with Gasteiger partial charge in [0.1, 0.15) is 30.3 Å². The van der Waals surface area contributed by atoms with Gasteiger partial charge < -0.3 is 34.8 Å². The molecule has 3 aliphatic heterocycles. The minimum atomic E-state index is -3.91. The van der Waals surface area contributed by atoms with Crippen LogP contribution in [0.15, 0.2) is 60.8 Å². The van der Waals surface area contributed by atoms with Gasteiger partial charge in [-0.25, -0.2) is 13.4 Å². The number of benzene rings is 2. The first kappa shape index (κ1) is 41.4. The lowest BCUT2D eigenvalue weighted by Gasteiger charge is -2.33. The van der Waals surface area contributed by atoms with Gasteiger partial charge >= 0.3 is 0 Å². The quantitative estimate of drug-likeness (QED) is 0.281. The number of hydrogen-bond donors (Lipinski definition) is 3. The number of sulfonamides is 1. The van der Waals surface area contributed by atoms with Crippen LogP contribution in [0, 0.1) is 17.8 Å². The molecule has 7 atom stereocenters. The van der Waals surface area contributed by atoms with E-state index in [2.05, 4.69) is 32.2 Å². The summed E-state index contributed by atoms with van der Waals surface area (Å²) in [6.07, 6.45) is 8.08. The molecule has 3 fully saturated rings. The molecule has 3 N–H and O–H groups in total. The molecule has 4 amide bonds. The lowest BCUT2D eigenvalue weighted by atomic mass is 9.87. The van der Waals surface area contributed by atoms with Crippen molar-refractivity contribution in [3.63, 3.8) is 0 Å². The Morgan fingerprint density at radius 1 is 1.02 bits per heavy atom. The first-order valence-electron chi connectivity index (χ1n) is 21.0. The van der Waals surface area contributed by atoms with E-state index in [0.29, 0.717) is 49.1 Å². The molecule has 0 bridgehead atoms. The highest BCUT2D eigenvalue weighted by molar-refractivity contribution is 7.91. The van der Waals surface area contributed by atoms with Gasteiger partial charge in [-0.1, -0.05) is 26.0 Å². The summed E-state index contributed by atoms with van der Waals surface area (Å²) in [6, 6.07) is 10.7. The fraction of sp³-hybridized carbons (Fsp3) is 0.523. The predicted octanol–water partition coefficient (Wildman–Crippen LogP) is 3.77. The fourth-order valence-corrected chi connectivity index (χ4v) is 10.3. The summed E-state index contributed by atoms with van der Waals surface area (Å²) in [4.78, 5) is 67.6. The molecule has 8 rings (SSSR count). The number of carbonyl (C=O) groups excluding carboxylic acids is 4. The summed E-state index contributed by atoms with van der Waals surface area (Å²) >= 11 is 0. The smallest absolute Gasteiger partial charge is 0.259 e. The second-order valence-corrected chi connectivity index (χ2v) is 19.5. The van der Waals surface area contributed by atoms with Crippen LogP contribution in [-0.4, -0.2) is 112 Å². The highest BCUT2D eigenvalue weighted by atomic mass is 32.2. The summed E-state index contributed by atoms with van der Waals surface area (Å²) in [5, 5.41) is 6.87. The molecule has 2 aromatic carbocycles. The number of amides is 4. The Bertz CT molecular complexity index is 2320. The number of fused-ring (bicyclic) bond motifs is 5. The van der Waals surface area contributed by atoms with E-state index < -0.39 is 68.5 Å². The molecule has 1 aromatic heterocycles. The van der Waals surface area contributed by atoms with Crippen molar-refractivity contribution in [1.29, 1.82) is 0 Å². The van der Waals surface area contributed by atoms with Crippen LogP contribution in [0.4, 0.5) is 11.4 Å². The van der Waals surface area contributed by atoms with Crippen molar-refractivity contribution in [3.05, 3.63) is 66.4 Å². The third-order valence-corrected chi connectivity index (χ3v) is 14.6. The van der Waals surface area contributed by atoms with Crippen LogP contribution in [0.25, 0.3) is 10.8 Å². The Labute approximate surface area is 351 Å². The average molecular weight is 842 g/mol. The third kappa shape index (κ3) is 8.22. The maximum absolute atomic E-state index is 15.1. The van der Waals surface area contributed by atoms with Gasteiger partial charge in [0, 0.05) is 61.7 Å². The number of likely N-dealkylation sites (N-methyl/N-ethyl adjacent to an activating group) is 1. The molecule has 0 radical (unpaired) electrons. The van der Waals surface area contributed by atoms with E-state index in [0.717, 1.165) is 35.5 Å². The normalized spacial score (nSPS) is 28.8. The first-order valence-corrected chi connectivity index (χ1v) is 22.6. The lowest BCUT2D eigenvalue weighted by molar-refractivity contribution is -0.142. The van der Waals surface area contributed by atoms with Crippen LogP contribution >= 0.6 is 0 Å². The van der Waals surface area contributed by atoms with E-state index in [-0.39, 0.29) is 31.2 Å². The molecule has 1 saturated heterocycles. The van der Waals surface area contributed by atoms with E-state index in [1.54, 1.807) is 18.3 Å². The van der Waals surface area contributed by atoms with Gasteiger partial charge in [0.05, 0.1) is 24.0 Å². The number of carbonyl (C=O) groups is 4. The number of nitrogens with zero attached hydrogens (tertiary/aromatic N) is 4. The zero-order valence-electron chi connectivity index (χ0n) is 34.8. The van der Waals surface area contributed by atoms with Crippen molar-refractivity contribution >= 4 is 55.8 Å². The number of anilines is 2. The van der Waals surface area contributed by atoms with Crippen molar-refractivity contribution in [3.8, 4) is 11.6 Å². The molecule has 15 nitrogen and oxygen atoms in total. The van der Waals surface area contributed by atoms with Gasteiger partial charge in [0.25, 0.3) is 11.8 Å². The molecular formula is C44H55N7O8S. The van der Waals surface area contributed by atoms with Crippen LogP contribution in [0.2, 0.25) is 0 Å². The number of nitrogens with one attached hydrogen (secondary N) is 3. The van der Waals surface area contributed by atoms with Gasteiger partial charge in [-0.05, 0) is 92.8 Å². The highest BCUT2D eigenvalue weighted by Crippen LogP contribution is 2.46. The molecular weight excluding hydrogens is 787 g/mol. The van der Waals surface area contributed by atoms with Crippen molar-refractivity contribution in [2.24, 2.45) is 17.8 Å². The fourth-order valence-electron chi connectivity index (χ4n) is 8.93. The number of aromatic nitrogens is 1. The minimum Gasteiger partial charge on any atom is -0.489 e. The van der Waals surface area contributed by atoms with Crippen LogP contribution in [0.1, 0.15) is 69.2 Å². The van der Waals surface area contributed by atoms with Crippen molar-refractivity contribution in [2.75, 3.05) is 50.6 Å². The van der Waals surface area contributed by atoms with E-state index in [9.17, 15) is 22.8 Å². The number of allylic oxidation sites excluding steroid dienone is 1. The highest BCUT2D eigenvalue weighted by Gasteiger charge is 2.62. The largest absolute Gasteiger partial charge is 0.489 e. The molecule has 320 valence electrons. The van der Waals surface area contributed by atoms with Gasteiger partial charge in [-0.3, -0.25) is 23.9 Å². The molecule has 0 spiro atoms. The number of ether oxygens (including phenoxy) is 2. The molecule has 2 saturated carbocycles. The Morgan fingerprint density at radius 3 is 2.52 bits per heavy atom. The zero-order valence-corrected chi connectivity index (χ0v) is 35.7. The van der Waals surface area contributed by atoms with E-state index >= 15 is 4.79 Å². The van der Waals surface area contributed by atoms with Gasteiger partial charge in [0.15, 0.2) is 5.75 Å². The van der Waals surface area contributed by atoms with Gasteiger partial charge in [-0.15, -0.1) is 0 Å². The first-order chi connectivity index (χ1) is 28.6. The van der Waals surface area contributed by atoms with E-state index in [1.165, 1.54) is 4.90 Å². The topological polar surface area (TPSA) is 180 Å². The summed E-state index contributed by atoms with van der Waals surface area (Å²) in [5.74, 6) is -1.83. The van der Waals surface area contributed by atoms with Crippen molar-refractivity contribution in [1.82, 2.24) is 25.2 Å². The summed E-state index contributed by atoms with van der Waals surface area (Å²) in [5.41, 5.74) is 0.735. The average Bonchev–Trinajstić information content (AvgIpc) is 4.15. The van der Waals surface area contributed by atoms with Gasteiger partial charge in [0.2, 0.25) is 27.7 Å². The Balaban J connectivity index is 1.13.